The molecule has 13 heavy (non-hydrogen) atoms. The van der Waals surface area contributed by atoms with Crippen LogP contribution in [0.2, 0.25) is 5.02 Å². The molecule has 0 saturated heterocycles. The Morgan fingerprint density at radius 3 is 3.00 bits per heavy atom. The minimum Gasteiger partial charge on any atom is -0.198 e. The summed E-state index contributed by atoms with van der Waals surface area (Å²) in [7, 11) is 0. The number of hydrogen-bond donors (Lipinski definition) is 0. The number of aryl methyl sites for hydroxylation is 1. The first-order chi connectivity index (χ1) is 6.29. The van der Waals surface area contributed by atoms with E-state index >= 15 is 0 Å². The molecule has 1 aromatic carbocycles. The largest absolute Gasteiger partial charge is 0.198 e. The molecule has 0 aromatic heterocycles. The molecule has 0 spiro atoms. The van der Waals surface area contributed by atoms with Gasteiger partial charge in [-0.05, 0) is 42.5 Å². The van der Waals surface area contributed by atoms with Gasteiger partial charge in [-0.2, -0.15) is 5.26 Å². The Labute approximate surface area is 82.9 Å². The standard InChI is InChI=1S/C11H10ClN/c12-11-4-3-9-5-8(7-13)1-2-10(9)6-11/h3-4,6,8H,1-2,5H2. The minimum absolute atomic E-state index is 0.202. The van der Waals surface area contributed by atoms with Gasteiger partial charge in [0.05, 0.1) is 12.0 Å². The number of nitriles is 1. The molecule has 0 fully saturated rings. The fraction of sp³-hybridized carbons (Fsp3) is 0.364. The Hall–Kier alpha value is -1.00. The molecule has 1 unspecified atom stereocenters. The third kappa shape index (κ3) is 1.68. The van der Waals surface area contributed by atoms with Gasteiger partial charge in [-0.15, -0.1) is 0 Å². The summed E-state index contributed by atoms with van der Waals surface area (Å²) >= 11 is 5.88. The van der Waals surface area contributed by atoms with Crippen molar-refractivity contribution in [2.75, 3.05) is 0 Å². The molecule has 1 aliphatic rings. The van der Waals surface area contributed by atoms with E-state index in [4.69, 9.17) is 16.9 Å². The van der Waals surface area contributed by atoms with Crippen molar-refractivity contribution in [1.29, 1.82) is 5.26 Å². The van der Waals surface area contributed by atoms with Crippen LogP contribution >= 0.6 is 11.6 Å². The molecule has 0 aliphatic heterocycles. The van der Waals surface area contributed by atoms with Gasteiger partial charge in [0.1, 0.15) is 0 Å². The van der Waals surface area contributed by atoms with Crippen LogP contribution in [0, 0.1) is 17.2 Å². The first-order valence-corrected chi connectivity index (χ1v) is 4.84. The molecule has 66 valence electrons. The van der Waals surface area contributed by atoms with E-state index < -0.39 is 0 Å². The van der Waals surface area contributed by atoms with Gasteiger partial charge in [0.25, 0.3) is 0 Å². The molecule has 1 nitrogen and oxygen atoms in total. The van der Waals surface area contributed by atoms with Crippen LogP contribution in [-0.4, -0.2) is 0 Å². The maximum atomic E-state index is 8.80. The molecule has 0 heterocycles. The van der Waals surface area contributed by atoms with Crippen molar-refractivity contribution >= 4 is 11.6 Å². The average Bonchev–Trinajstić information content (AvgIpc) is 2.17. The van der Waals surface area contributed by atoms with E-state index in [1.165, 1.54) is 11.1 Å². The lowest BCUT2D eigenvalue weighted by Crippen LogP contribution is -2.12. The van der Waals surface area contributed by atoms with Gasteiger partial charge in [0.2, 0.25) is 0 Å². The number of halogens is 1. The molecule has 0 saturated carbocycles. The topological polar surface area (TPSA) is 23.8 Å². The summed E-state index contributed by atoms with van der Waals surface area (Å²) in [6.07, 6.45) is 2.86. The summed E-state index contributed by atoms with van der Waals surface area (Å²) in [4.78, 5) is 0. The monoisotopic (exact) mass is 191 g/mol. The average molecular weight is 192 g/mol. The molecule has 2 rings (SSSR count). The summed E-state index contributed by atoms with van der Waals surface area (Å²) < 4.78 is 0. The lowest BCUT2D eigenvalue weighted by Gasteiger charge is -2.19. The third-order valence-electron chi connectivity index (χ3n) is 2.58. The zero-order chi connectivity index (χ0) is 9.26. The molecule has 1 aromatic rings. The summed E-state index contributed by atoms with van der Waals surface area (Å²) in [6, 6.07) is 8.29. The Morgan fingerprint density at radius 1 is 1.38 bits per heavy atom. The highest BCUT2D eigenvalue weighted by Gasteiger charge is 2.17. The van der Waals surface area contributed by atoms with Crippen molar-refractivity contribution in [2.24, 2.45) is 5.92 Å². The van der Waals surface area contributed by atoms with Crippen LogP contribution in [0.3, 0.4) is 0 Å². The summed E-state index contributed by atoms with van der Waals surface area (Å²) in [6.45, 7) is 0. The van der Waals surface area contributed by atoms with Gasteiger partial charge in [0.15, 0.2) is 0 Å². The molecule has 0 amide bonds. The predicted octanol–water partition coefficient (Wildman–Crippen LogP) is 2.97. The molecule has 1 atom stereocenters. The second kappa shape index (κ2) is 3.40. The number of nitrogens with zero attached hydrogens (tertiary/aromatic N) is 1. The second-order valence-electron chi connectivity index (χ2n) is 3.48. The van der Waals surface area contributed by atoms with Gasteiger partial charge in [-0.1, -0.05) is 17.7 Å². The maximum absolute atomic E-state index is 8.80. The van der Waals surface area contributed by atoms with Crippen LogP contribution < -0.4 is 0 Å². The normalized spacial score (nSPS) is 20.5. The highest BCUT2D eigenvalue weighted by molar-refractivity contribution is 6.30. The SMILES string of the molecule is N#CC1CCc2cc(Cl)ccc2C1. The van der Waals surface area contributed by atoms with Gasteiger partial charge in [-0.25, -0.2) is 0 Å². The smallest absolute Gasteiger partial charge is 0.0659 e. The molecule has 2 heteroatoms. The Balaban J connectivity index is 2.32. The second-order valence-corrected chi connectivity index (χ2v) is 3.92. The number of hydrogen-bond acceptors (Lipinski definition) is 1. The molecular weight excluding hydrogens is 182 g/mol. The molecule has 0 bridgehead atoms. The highest BCUT2D eigenvalue weighted by Crippen LogP contribution is 2.27. The first-order valence-electron chi connectivity index (χ1n) is 4.46. The fourth-order valence-electron chi connectivity index (χ4n) is 1.83. The molecule has 0 radical (unpaired) electrons. The van der Waals surface area contributed by atoms with E-state index in [-0.39, 0.29) is 5.92 Å². The number of fused-ring (bicyclic) bond motifs is 1. The van der Waals surface area contributed by atoms with Gasteiger partial charge >= 0.3 is 0 Å². The van der Waals surface area contributed by atoms with Crippen LogP contribution in [0.5, 0.6) is 0 Å². The van der Waals surface area contributed by atoms with Gasteiger partial charge < -0.3 is 0 Å². The van der Waals surface area contributed by atoms with Gasteiger partial charge in [0, 0.05) is 5.02 Å². The molecule has 1 aliphatic carbocycles. The quantitative estimate of drug-likeness (QED) is 0.619. The molecule has 0 N–H and O–H groups in total. The zero-order valence-corrected chi connectivity index (χ0v) is 8.01. The van der Waals surface area contributed by atoms with E-state index in [0.717, 1.165) is 24.3 Å². The van der Waals surface area contributed by atoms with Crippen molar-refractivity contribution in [1.82, 2.24) is 0 Å². The molecular formula is C11H10ClN. The van der Waals surface area contributed by atoms with Gasteiger partial charge in [-0.3, -0.25) is 0 Å². The van der Waals surface area contributed by atoms with Crippen molar-refractivity contribution in [2.45, 2.75) is 19.3 Å². The third-order valence-corrected chi connectivity index (χ3v) is 2.81. The van der Waals surface area contributed by atoms with Crippen LogP contribution in [0.15, 0.2) is 18.2 Å². The van der Waals surface area contributed by atoms with Crippen molar-refractivity contribution in [3.63, 3.8) is 0 Å². The van der Waals surface area contributed by atoms with E-state index in [9.17, 15) is 0 Å². The van der Waals surface area contributed by atoms with Crippen LogP contribution in [-0.2, 0) is 12.8 Å². The highest BCUT2D eigenvalue weighted by atomic mass is 35.5. The van der Waals surface area contributed by atoms with Crippen molar-refractivity contribution < 1.29 is 0 Å². The fourth-order valence-corrected chi connectivity index (χ4v) is 2.03. The predicted molar refractivity (Wildman–Crippen MR) is 52.6 cm³/mol. The zero-order valence-electron chi connectivity index (χ0n) is 7.26. The number of benzene rings is 1. The maximum Gasteiger partial charge on any atom is 0.0659 e. The Bertz CT molecular complexity index is 365. The van der Waals surface area contributed by atoms with Crippen LogP contribution in [0.1, 0.15) is 17.5 Å². The van der Waals surface area contributed by atoms with Crippen molar-refractivity contribution in [3.05, 3.63) is 34.3 Å². The Kier molecular flexibility index (Phi) is 2.24. The van der Waals surface area contributed by atoms with E-state index in [2.05, 4.69) is 6.07 Å². The first kappa shape index (κ1) is 8.59. The Morgan fingerprint density at radius 2 is 2.23 bits per heavy atom. The lowest BCUT2D eigenvalue weighted by molar-refractivity contribution is 0.564. The van der Waals surface area contributed by atoms with E-state index in [1.807, 2.05) is 18.2 Å². The summed E-state index contributed by atoms with van der Waals surface area (Å²) in [5, 5.41) is 9.60. The summed E-state index contributed by atoms with van der Waals surface area (Å²) in [5.74, 6) is 0.202. The van der Waals surface area contributed by atoms with Crippen LogP contribution in [0.25, 0.3) is 0 Å². The van der Waals surface area contributed by atoms with E-state index in [1.54, 1.807) is 0 Å². The number of rotatable bonds is 0. The summed E-state index contributed by atoms with van der Waals surface area (Å²) in [5.41, 5.74) is 2.61. The lowest BCUT2D eigenvalue weighted by atomic mass is 9.85. The minimum atomic E-state index is 0.202. The van der Waals surface area contributed by atoms with E-state index in [0.29, 0.717) is 0 Å². The van der Waals surface area contributed by atoms with Crippen molar-refractivity contribution in [3.8, 4) is 6.07 Å². The van der Waals surface area contributed by atoms with Crippen LogP contribution in [0.4, 0.5) is 0 Å².